The first-order chi connectivity index (χ1) is 8.20. The normalized spacial score (nSPS) is 23.3. The lowest BCUT2D eigenvalue weighted by Crippen LogP contribution is -2.58. The highest BCUT2D eigenvalue weighted by Crippen LogP contribution is 2.33. The second-order valence-corrected chi connectivity index (χ2v) is 5.03. The molecule has 17 heavy (non-hydrogen) atoms. The fraction of sp³-hybridized carbons (Fsp3) is 1.00. The summed E-state index contributed by atoms with van der Waals surface area (Å²) in [5.41, 5.74) is -0.0154. The molecule has 2 unspecified atom stereocenters. The molecule has 1 heterocycles. The minimum atomic E-state index is -0.0154. The van der Waals surface area contributed by atoms with E-state index in [1.54, 1.807) is 0 Å². The van der Waals surface area contributed by atoms with Gasteiger partial charge >= 0.3 is 0 Å². The van der Waals surface area contributed by atoms with Gasteiger partial charge < -0.3 is 14.8 Å². The van der Waals surface area contributed by atoms with Crippen molar-refractivity contribution in [1.29, 1.82) is 0 Å². The molecule has 3 heteroatoms. The van der Waals surface area contributed by atoms with Gasteiger partial charge in [0, 0.05) is 38.7 Å². The van der Waals surface area contributed by atoms with Crippen LogP contribution in [0.2, 0.25) is 0 Å². The summed E-state index contributed by atoms with van der Waals surface area (Å²) in [4.78, 5) is 0. The van der Waals surface area contributed by atoms with Gasteiger partial charge in [-0.15, -0.1) is 0 Å². The SMILES string of the molecule is CCNC(C(C)CC)C1(OCC)CCOCC1. The second-order valence-electron chi connectivity index (χ2n) is 5.03. The molecule has 2 atom stereocenters. The van der Waals surface area contributed by atoms with E-state index in [0.717, 1.165) is 39.2 Å². The first kappa shape index (κ1) is 14.9. The molecule has 0 amide bonds. The Morgan fingerprint density at radius 1 is 1.24 bits per heavy atom. The van der Waals surface area contributed by atoms with Gasteiger partial charge in [-0.05, 0) is 19.4 Å². The zero-order valence-electron chi connectivity index (χ0n) is 11.9. The lowest BCUT2D eigenvalue weighted by molar-refractivity contribution is -0.135. The molecule has 3 nitrogen and oxygen atoms in total. The molecule has 0 aromatic rings. The third-order valence-electron chi connectivity index (χ3n) is 3.97. The molecule has 1 aliphatic rings. The summed E-state index contributed by atoms with van der Waals surface area (Å²) in [5, 5.41) is 3.65. The van der Waals surface area contributed by atoms with Crippen molar-refractivity contribution >= 4 is 0 Å². The molecule has 0 aromatic carbocycles. The first-order valence-corrected chi connectivity index (χ1v) is 7.15. The molecule has 1 aliphatic heterocycles. The molecule has 1 saturated heterocycles. The highest BCUT2D eigenvalue weighted by Gasteiger charge is 2.42. The number of likely N-dealkylation sites (N-methyl/N-ethyl adjacent to an activating group) is 1. The third-order valence-corrected chi connectivity index (χ3v) is 3.97. The summed E-state index contributed by atoms with van der Waals surface area (Å²) in [6, 6.07) is 0.446. The summed E-state index contributed by atoms with van der Waals surface area (Å²) < 4.78 is 11.7. The smallest absolute Gasteiger partial charge is 0.0880 e. The van der Waals surface area contributed by atoms with Crippen molar-refractivity contribution in [3.63, 3.8) is 0 Å². The monoisotopic (exact) mass is 243 g/mol. The van der Waals surface area contributed by atoms with Gasteiger partial charge in [-0.1, -0.05) is 27.2 Å². The Labute approximate surface area is 106 Å². The van der Waals surface area contributed by atoms with Crippen LogP contribution in [0.3, 0.4) is 0 Å². The fourth-order valence-corrected chi connectivity index (χ4v) is 2.91. The van der Waals surface area contributed by atoms with E-state index >= 15 is 0 Å². The van der Waals surface area contributed by atoms with Gasteiger partial charge in [-0.25, -0.2) is 0 Å². The van der Waals surface area contributed by atoms with Crippen molar-refractivity contribution in [3.05, 3.63) is 0 Å². The van der Waals surface area contributed by atoms with Gasteiger partial charge in [0.2, 0.25) is 0 Å². The fourth-order valence-electron chi connectivity index (χ4n) is 2.91. The summed E-state index contributed by atoms with van der Waals surface area (Å²) in [7, 11) is 0. The molecule has 0 saturated carbocycles. The molecule has 0 spiro atoms. The summed E-state index contributed by atoms with van der Waals surface area (Å²) in [5.74, 6) is 0.639. The van der Waals surface area contributed by atoms with Crippen LogP contribution < -0.4 is 5.32 Å². The molecule has 0 radical (unpaired) electrons. The van der Waals surface area contributed by atoms with Gasteiger partial charge in [0.15, 0.2) is 0 Å². The van der Waals surface area contributed by atoms with Gasteiger partial charge in [0.05, 0.1) is 5.60 Å². The number of ether oxygens (including phenoxy) is 2. The highest BCUT2D eigenvalue weighted by atomic mass is 16.5. The lowest BCUT2D eigenvalue weighted by atomic mass is 9.78. The Balaban J connectivity index is 2.82. The minimum Gasteiger partial charge on any atom is -0.381 e. The standard InChI is InChI=1S/C14H29NO2/c1-5-12(4)13(15-6-2)14(17-7-3)8-10-16-11-9-14/h12-13,15H,5-11H2,1-4H3. The number of hydrogen-bond donors (Lipinski definition) is 1. The van der Waals surface area contributed by atoms with E-state index in [1.165, 1.54) is 6.42 Å². The summed E-state index contributed by atoms with van der Waals surface area (Å²) >= 11 is 0. The van der Waals surface area contributed by atoms with Gasteiger partial charge in [-0.2, -0.15) is 0 Å². The molecule has 1 N–H and O–H groups in total. The maximum atomic E-state index is 6.17. The Hall–Kier alpha value is -0.120. The molecule has 0 bridgehead atoms. The first-order valence-electron chi connectivity index (χ1n) is 7.15. The molecule has 1 rings (SSSR count). The van der Waals surface area contributed by atoms with Crippen LogP contribution in [0.4, 0.5) is 0 Å². The van der Waals surface area contributed by atoms with E-state index in [1.807, 2.05) is 0 Å². The van der Waals surface area contributed by atoms with E-state index in [-0.39, 0.29) is 5.60 Å². The van der Waals surface area contributed by atoms with Crippen LogP contribution in [0.1, 0.15) is 47.0 Å². The Morgan fingerprint density at radius 2 is 1.88 bits per heavy atom. The molecular weight excluding hydrogens is 214 g/mol. The molecule has 1 fully saturated rings. The van der Waals surface area contributed by atoms with E-state index in [4.69, 9.17) is 9.47 Å². The van der Waals surface area contributed by atoms with Crippen molar-refractivity contribution in [1.82, 2.24) is 5.32 Å². The number of hydrogen-bond acceptors (Lipinski definition) is 3. The van der Waals surface area contributed by atoms with E-state index in [0.29, 0.717) is 12.0 Å². The third kappa shape index (κ3) is 3.67. The Morgan fingerprint density at radius 3 is 2.35 bits per heavy atom. The van der Waals surface area contributed by atoms with Crippen LogP contribution in [-0.2, 0) is 9.47 Å². The van der Waals surface area contributed by atoms with Crippen LogP contribution in [0.25, 0.3) is 0 Å². The van der Waals surface area contributed by atoms with E-state index in [2.05, 4.69) is 33.0 Å². The highest BCUT2D eigenvalue weighted by molar-refractivity contribution is 4.97. The number of nitrogens with one attached hydrogen (secondary N) is 1. The molecule has 102 valence electrons. The zero-order valence-corrected chi connectivity index (χ0v) is 11.9. The summed E-state index contributed by atoms with van der Waals surface area (Å²) in [6.07, 6.45) is 3.22. The van der Waals surface area contributed by atoms with Crippen LogP contribution in [0.5, 0.6) is 0 Å². The minimum absolute atomic E-state index is 0.0154. The maximum Gasteiger partial charge on any atom is 0.0880 e. The van der Waals surface area contributed by atoms with E-state index in [9.17, 15) is 0 Å². The maximum absolute atomic E-state index is 6.17. The van der Waals surface area contributed by atoms with Crippen LogP contribution in [-0.4, -0.2) is 38.0 Å². The van der Waals surface area contributed by atoms with Crippen molar-refractivity contribution in [2.45, 2.75) is 58.6 Å². The predicted octanol–water partition coefficient (Wildman–Crippen LogP) is 2.60. The van der Waals surface area contributed by atoms with Crippen molar-refractivity contribution in [3.8, 4) is 0 Å². The van der Waals surface area contributed by atoms with Crippen LogP contribution >= 0.6 is 0 Å². The largest absolute Gasteiger partial charge is 0.381 e. The molecule has 0 aromatic heterocycles. The number of rotatable bonds is 7. The van der Waals surface area contributed by atoms with Gasteiger partial charge in [0.1, 0.15) is 0 Å². The van der Waals surface area contributed by atoms with Gasteiger partial charge in [0.25, 0.3) is 0 Å². The van der Waals surface area contributed by atoms with Crippen molar-refractivity contribution in [2.75, 3.05) is 26.4 Å². The van der Waals surface area contributed by atoms with Crippen LogP contribution in [0.15, 0.2) is 0 Å². The predicted molar refractivity (Wildman–Crippen MR) is 71.3 cm³/mol. The average Bonchev–Trinajstić information content (AvgIpc) is 2.36. The lowest BCUT2D eigenvalue weighted by Gasteiger charge is -2.45. The van der Waals surface area contributed by atoms with Crippen molar-refractivity contribution < 1.29 is 9.47 Å². The van der Waals surface area contributed by atoms with E-state index < -0.39 is 0 Å². The zero-order chi connectivity index (χ0) is 12.7. The molecule has 0 aliphatic carbocycles. The van der Waals surface area contributed by atoms with Crippen molar-refractivity contribution in [2.24, 2.45) is 5.92 Å². The summed E-state index contributed by atoms with van der Waals surface area (Å²) in [6.45, 7) is 12.3. The Bertz CT molecular complexity index is 197. The second kappa shape index (κ2) is 7.34. The molecular formula is C14H29NO2. The Kier molecular flexibility index (Phi) is 6.45. The van der Waals surface area contributed by atoms with Crippen LogP contribution in [0, 0.1) is 5.92 Å². The topological polar surface area (TPSA) is 30.5 Å². The average molecular weight is 243 g/mol. The quantitative estimate of drug-likeness (QED) is 0.745. The van der Waals surface area contributed by atoms with Gasteiger partial charge in [-0.3, -0.25) is 0 Å².